The van der Waals surface area contributed by atoms with Crippen molar-refractivity contribution in [1.82, 2.24) is 4.90 Å². The molecule has 4 heteroatoms. The van der Waals surface area contributed by atoms with Gasteiger partial charge in [0.05, 0.1) is 13.2 Å². The Morgan fingerprint density at radius 2 is 1.89 bits per heavy atom. The third-order valence-electron chi connectivity index (χ3n) is 3.21. The number of nitrogens with zero attached hydrogens (tertiary/aromatic N) is 1. The fourth-order valence-electron chi connectivity index (χ4n) is 1.42. The summed E-state index contributed by atoms with van der Waals surface area (Å²) >= 11 is 1.66. The standard InChI is InChI=1S/C14H21NO2S/c1-14(2,10-16)15(3)9-13(17)11-5-7-12(18-4)8-6-11/h5-8,16H,9-10H2,1-4H3. The van der Waals surface area contributed by atoms with E-state index < -0.39 is 0 Å². The first-order valence-corrected chi connectivity index (χ1v) is 7.12. The highest BCUT2D eigenvalue weighted by Gasteiger charge is 2.24. The van der Waals surface area contributed by atoms with Crippen LogP contribution in [0.3, 0.4) is 0 Å². The highest BCUT2D eigenvalue weighted by atomic mass is 32.2. The summed E-state index contributed by atoms with van der Waals surface area (Å²) in [7, 11) is 1.85. The van der Waals surface area contributed by atoms with E-state index in [2.05, 4.69) is 0 Å². The normalized spacial score (nSPS) is 11.9. The molecule has 1 N–H and O–H groups in total. The van der Waals surface area contributed by atoms with Gasteiger partial charge in [0.1, 0.15) is 0 Å². The van der Waals surface area contributed by atoms with Crippen molar-refractivity contribution in [3.8, 4) is 0 Å². The molecule has 1 rings (SSSR count). The number of thioether (sulfide) groups is 1. The molecule has 0 radical (unpaired) electrons. The Hall–Kier alpha value is -0.840. The summed E-state index contributed by atoms with van der Waals surface area (Å²) in [5, 5.41) is 9.26. The number of hydrogen-bond acceptors (Lipinski definition) is 4. The number of benzene rings is 1. The summed E-state index contributed by atoms with van der Waals surface area (Å²) in [5.41, 5.74) is 0.336. The lowest BCUT2D eigenvalue weighted by Gasteiger charge is -2.33. The first kappa shape index (κ1) is 15.2. The van der Waals surface area contributed by atoms with E-state index in [0.29, 0.717) is 12.1 Å². The molecule has 0 fully saturated rings. The van der Waals surface area contributed by atoms with E-state index in [1.54, 1.807) is 11.8 Å². The maximum atomic E-state index is 12.1. The number of likely N-dealkylation sites (N-methyl/N-ethyl adjacent to an activating group) is 1. The van der Waals surface area contributed by atoms with E-state index in [-0.39, 0.29) is 17.9 Å². The summed E-state index contributed by atoms with van der Waals surface area (Å²) in [6, 6.07) is 7.62. The van der Waals surface area contributed by atoms with Gasteiger partial charge in [-0.2, -0.15) is 0 Å². The van der Waals surface area contributed by atoms with E-state index in [1.807, 2.05) is 56.3 Å². The SMILES string of the molecule is CSc1ccc(C(=O)CN(C)C(C)(C)CO)cc1. The van der Waals surface area contributed by atoms with Crippen molar-refractivity contribution in [2.45, 2.75) is 24.3 Å². The third-order valence-corrected chi connectivity index (χ3v) is 3.96. The number of hydrogen-bond donors (Lipinski definition) is 1. The van der Waals surface area contributed by atoms with Crippen molar-refractivity contribution in [2.75, 3.05) is 26.5 Å². The Bertz CT molecular complexity index is 401. The molecule has 0 aliphatic carbocycles. The van der Waals surface area contributed by atoms with Crippen LogP contribution in [0.2, 0.25) is 0 Å². The molecule has 0 aromatic heterocycles. The highest BCUT2D eigenvalue weighted by Crippen LogP contribution is 2.16. The van der Waals surface area contributed by atoms with Crippen LogP contribution in [0, 0.1) is 0 Å². The Balaban J connectivity index is 2.70. The van der Waals surface area contributed by atoms with Crippen LogP contribution in [0.25, 0.3) is 0 Å². The van der Waals surface area contributed by atoms with Crippen LogP contribution < -0.4 is 0 Å². The Morgan fingerprint density at radius 3 is 2.33 bits per heavy atom. The van der Waals surface area contributed by atoms with E-state index in [4.69, 9.17) is 0 Å². The third kappa shape index (κ3) is 3.83. The molecule has 1 aromatic rings. The number of aliphatic hydroxyl groups excluding tert-OH is 1. The largest absolute Gasteiger partial charge is 0.394 e. The number of Topliss-reactive ketones (excluding diaryl/α,β-unsaturated/α-hetero) is 1. The average Bonchev–Trinajstić information content (AvgIpc) is 2.38. The maximum absolute atomic E-state index is 12.1. The van der Waals surface area contributed by atoms with Crippen LogP contribution in [0.4, 0.5) is 0 Å². The smallest absolute Gasteiger partial charge is 0.176 e. The lowest BCUT2D eigenvalue weighted by molar-refractivity contribution is 0.0659. The molecule has 0 saturated heterocycles. The van der Waals surface area contributed by atoms with Gasteiger partial charge in [-0.3, -0.25) is 9.69 Å². The molecular weight excluding hydrogens is 246 g/mol. The van der Waals surface area contributed by atoms with Gasteiger partial charge in [-0.1, -0.05) is 12.1 Å². The molecule has 0 atom stereocenters. The van der Waals surface area contributed by atoms with Gasteiger partial charge in [0.2, 0.25) is 0 Å². The monoisotopic (exact) mass is 267 g/mol. The van der Waals surface area contributed by atoms with Gasteiger partial charge < -0.3 is 5.11 Å². The second-order valence-electron chi connectivity index (χ2n) is 4.98. The maximum Gasteiger partial charge on any atom is 0.176 e. The number of ketones is 1. The molecule has 0 aliphatic rings. The minimum Gasteiger partial charge on any atom is -0.394 e. The summed E-state index contributed by atoms with van der Waals surface area (Å²) < 4.78 is 0. The Kier molecular flexibility index (Phi) is 5.38. The zero-order valence-electron chi connectivity index (χ0n) is 11.4. The Labute approximate surface area is 113 Å². The van der Waals surface area contributed by atoms with Crippen LogP contribution in [0.1, 0.15) is 24.2 Å². The van der Waals surface area contributed by atoms with Crippen LogP contribution in [0.15, 0.2) is 29.2 Å². The first-order valence-electron chi connectivity index (χ1n) is 5.90. The van der Waals surface area contributed by atoms with Crippen molar-refractivity contribution in [3.63, 3.8) is 0 Å². The van der Waals surface area contributed by atoms with Crippen molar-refractivity contribution < 1.29 is 9.90 Å². The van der Waals surface area contributed by atoms with E-state index in [1.165, 1.54) is 0 Å². The molecular formula is C14H21NO2S. The van der Waals surface area contributed by atoms with Crippen molar-refractivity contribution in [2.24, 2.45) is 0 Å². The molecule has 0 unspecified atom stereocenters. The summed E-state index contributed by atoms with van der Waals surface area (Å²) in [4.78, 5) is 15.1. The molecule has 0 amide bonds. The fraction of sp³-hybridized carbons (Fsp3) is 0.500. The topological polar surface area (TPSA) is 40.5 Å². The lowest BCUT2D eigenvalue weighted by Crippen LogP contribution is -2.46. The van der Waals surface area contributed by atoms with Gasteiger partial charge in [0, 0.05) is 16.0 Å². The van der Waals surface area contributed by atoms with Crippen molar-refractivity contribution in [3.05, 3.63) is 29.8 Å². The Morgan fingerprint density at radius 1 is 1.33 bits per heavy atom. The molecule has 18 heavy (non-hydrogen) atoms. The summed E-state index contributed by atoms with van der Waals surface area (Å²) in [5.74, 6) is 0.0756. The van der Waals surface area contributed by atoms with Crippen molar-refractivity contribution in [1.29, 1.82) is 0 Å². The van der Waals surface area contributed by atoms with Crippen LogP contribution >= 0.6 is 11.8 Å². The summed E-state index contributed by atoms with van der Waals surface area (Å²) in [6.07, 6.45) is 2.01. The van der Waals surface area contributed by atoms with Gasteiger partial charge in [-0.25, -0.2) is 0 Å². The molecule has 0 aliphatic heterocycles. The van der Waals surface area contributed by atoms with Gasteiger partial charge in [0.25, 0.3) is 0 Å². The molecule has 1 aromatic carbocycles. The van der Waals surface area contributed by atoms with Gasteiger partial charge in [-0.05, 0) is 39.3 Å². The van der Waals surface area contributed by atoms with Crippen LogP contribution in [0.5, 0.6) is 0 Å². The number of aliphatic hydroxyl groups is 1. The number of carbonyl (C=O) groups excluding carboxylic acids is 1. The number of carbonyl (C=O) groups is 1. The predicted molar refractivity (Wildman–Crippen MR) is 76.3 cm³/mol. The van der Waals surface area contributed by atoms with E-state index in [9.17, 15) is 9.90 Å². The van der Waals surface area contributed by atoms with E-state index in [0.717, 1.165) is 4.90 Å². The number of rotatable bonds is 6. The van der Waals surface area contributed by atoms with Gasteiger partial charge in [-0.15, -0.1) is 11.8 Å². The average molecular weight is 267 g/mol. The zero-order valence-corrected chi connectivity index (χ0v) is 12.3. The van der Waals surface area contributed by atoms with Crippen LogP contribution in [-0.4, -0.2) is 47.8 Å². The molecule has 0 spiro atoms. The van der Waals surface area contributed by atoms with Gasteiger partial charge in [0.15, 0.2) is 5.78 Å². The van der Waals surface area contributed by atoms with E-state index >= 15 is 0 Å². The van der Waals surface area contributed by atoms with Crippen LogP contribution in [-0.2, 0) is 0 Å². The molecule has 100 valence electrons. The zero-order chi connectivity index (χ0) is 13.8. The van der Waals surface area contributed by atoms with Crippen molar-refractivity contribution >= 4 is 17.5 Å². The second kappa shape index (κ2) is 6.36. The van der Waals surface area contributed by atoms with Gasteiger partial charge >= 0.3 is 0 Å². The molecule has 0 heterocycles. The second-order valence-corrected chi connectivity index (χ2v) is 5.86. The molecule has 0 bridgehead atoms. The quantitative estimate of drug-likeness (QED) is 0.634. The minimum absolute atomic E-state index is 0.0300. The summed E-state index contributed by atoms with van der Waals surface area (Å²) in [6.45, 7) is 4.17. The first-order chi connectivity index (χ1) is 8.40. The molecule has 0 saturated carbocycles. The predicted octanol–water partition coefficient (Wildman–Crippen LogP) is 2.29. The lowest BCUT2D eigenvalue weighted by atomic mass is 10.0. The fourth-order valence-corrected chi connectivity index (χ4v) is 1.83. The highest BCUT2D eigenvalue weighted by molar-refractivity contribution is 7.98. The molecule has 3 nitrogen and oxygen atoms in total. The minimum atomic E-state index is -0.380.